The number of piperazine rings is 1. The molecule has 2 aromatic heterocycles. The highest BCUT2D eigenvalue weighted by atomic mass is 35.5. The molecular weight excluding hydrogens is 575 g/mol. The van der Waals surface area contributed by atoms with Crippen molar-refractivity contribution in [1.29, 1.82) is 10.5 Å². The van der Waals surface area contributed by atoms with Gasteiger partial charge in [-0.2, -0.15) is 20.0 Å². The molecule has 4 aliphatic rings. The van der Waals surface area contributed by atoms with E-state index < -0.39 is 12.2 Å². The van der Waals surface area contributed by atoms with Crippen molar-refractivity contribution in [2.24, 2.45) is 0 Å². The molecule has 1 unspecified atom stereocenters. The maximum absolute atomic E-state index is 13.5. The Labute approximate surface area is 252 Å². The minimum Gasteiger partial charge on any atom is -0.368 e. The number of aromatic nitrogens is 4. The SMILES string of the molecule is N#Cc1cc(Nc2nc(NC3CC3)c3ncc(C#N)n3n2)c(Cl)c(N2CCN(C3CN(C(=O)[C@H]4CC(F)CN4)C3)CC2)c1. The van der Waals surface area contributed by atoms with Gasteiger partial charge in [0.1, 0.15) is 12.2 Å². The van der Waals surface area contributed by atoms with Crippen molar-refractivity contribution in [3.05, 3.63) is 34.6 Å². The highest BCUT2D eigenvalue weighted by molar-refractivity contribution is 6.36. The van der Waals surface area contributed by atoms with Crippen LogP contribution >= 0.6 is 11.6 Å². The van der Waals surface area contributed by atoms with Crippen molar-refractivity contribution in [1.82, 2.24) is 34.7 Å². The van der Waals surface area contributed by atoms with Crippen molar-refractivity contribution in [2.45, 2.75) is 43.6 Å². The third kappa shape index (κ3) is 5.38. The first-order valence-electron chi connectivity index (χ1n) is 14.5. The van der Waals surface area contributed by atoms with Crippen molar-refractivity contribution in [2.75, 3.05) is 61.3 Å². The van der Waals surface area contributed by atoms with Crippen LogP contribution in [0.25, 0.3) is 5.65 Å². The van der Waals surface area contributed by atoms with Crippen LogP contribution < -0.4 is 20.9 Å². The smallest absolute Gasteiger partial charge is 0.247 e. The van der Waals surface area contributed by atoms with Crippen LogP contribution in [0.2, 0.25) is 5.02 Å². The maximum atomic E-state index is 13.5. The van der Waals surface area contributed by atoms with E-state index in [9.17, 15) is 19.7 Å². The van der Waals surface area contributed by atoms with Gasteiger partial charge in [0, 0.05) is 64.3 Å². The number of amides is 1. The number of nitrogens with zero attached hydrogens (tertiary/aromatic N) is 9. The van der Waals surface area contributed by atoms with E-state index in [1.165, 1.54) is 10.7 Å². The highest BCUT2D eigenvalue weighted by Gasteiger charge is 2.40. The van der Waals surface area contributed by atoms with Gasteiger partial charge in [-0.05, 0) is 25.0 Å². The largest absolute Gasteiger partial charge is 0.368 e. The molecular formula is C28H30ClFN12O. The average molecular weight is 605 g/mol. The second-order valence-corrected chi connectivity index (χ2v) is 11.9. The Morgan fingerprint density at radius 2 is 1.93 bits per heavy atom. The molecule has 3 N–H and O–H groups in total. The number of alkyl halides is 1. The highest BCUT2D eigenvalue weighted by Crippen LogP contribution is 2.37. The topological polar surface area (TPSA) is 154 Å². The molecule has 0 radical (unpaired) electrons. The zero-order valence-corrected chi connectivity index (χ0v) is 24.1. The molecule has 7 rings (SSSR count). The molecule has 5 heterocycles. The van der Waals surface area contributed by atoms with Gasteiger partial charge in [0.2, 0.25) is 11.9 Å². The monoisotopic (exact) mass is 604 g/mol. The fourth-order valence-corrected chi connectivity index (χ4v) is 6.21. The van der Waals surface area contributed by atoms with Gasteiger partial charge in [-0.1, -0.05) is 11.6 Å². The molecule has 3 aliphatic heterocycles. The fourth-order valence-electron chi connectivity index (χ4n) is 5.94. The molecule has 0 spiro atoms. The average Bonchev–Trinajstić information content (AvgIpc) is 3.53. The summed E-state index contributed by atoms with van der Waals surface area (Å²) >= 11 is 6.93. The Bertz CT molecular complexity index is 1650. The first-order valence-corrected chi connectivity index (χ1v) is 14.9. The van der Waals surface area contributed by atoms with Crippen molar-refractivity contribution in [3.63, 3.8) is 0 Å². The lowest BCUT2D eigenvalue weighted by molar-refractivity contribution is -0.140. The Hall–Kier alpha value is -4.24. The van der Waals surface area contributed by atoms with Crippen LogP contribution in [0.1, 0.15) is 30.5 Å². The van der Waals surface area contributed by atoms with E-state index >= 15 is 0 Å². The molecule has 4 fully saturated rings. The number of fused-ring (bicyclic) bond motifs is 1. The summed E-state index contributed by atoms with van der Waals surface area (Å²) in [6.07, 6.45) is 2.83. The first-order chi connectivity index (χ1) is 20.9. The lowest BCUT2D eigenvalue weighted by Crippen LogP contribution is -2.66. The summed E-state index contributed by atoms with van der Waals surface area (Å²) in [6, 6.07) is 7.94. The van der Waals surface area contributed by atoms with Crippen molar-refractivity contribution in [3.8, 4) is 12.1 Å². The summed E-state index contributed by atoms with van der Waals surface area (Å²) in [5.74, 6) is 0.732. The molecule has 0 bridgehead atoms. The zero-order chi connectivity index (χ0) is 29.7. The molecule has 1 aliphatic carbocycles. The van der Waals surface area contributed by atoms with E-state index in [2.05, 4.69) is 53.0 Å². The predicted octanol–water partition coefficient (Wildman–Crippen LogP) is 1.87. The van der Waals surface area contributed by atoms with Gasteiger partial charge in [0.25, 0.3) is 0 Å². The Kier molecular flexibility index (Phi) is 7.13. The van der Waals surface area contributed by atoms with Crippen LogP contribution in [0.3, 0.4) is 0 Å². The van der Waals surface area contributed by atoms with Gasteiger partial charge in [-0.3, -0.25) is 9.69 Å². The van der Waals surface area contributed by atoms with E-state index in [1.807, 2.05) is 4.90 Å². The van der Waals surface area contributed by atoms with Crippen LogP contribution in [0, 0.1) is 22.7 Å². The van der Waals surface area contributed by atoms with Crippen molar-refractivity contribution >= 4 is 46.3 Å². The van der Waals surface area contributed by atoms with Crippen molar-refractivity contribution < 1.29 is 9.18 Å². The lowest BCUT2D eigenvalue weighted by Gasteiger charge is -2.49. The van der Waals surface area contributed by atoms with Gasteiger partial charge in [0.15, 0.2) is 17.2 Å². The molecule has 222 valence electrons. The minimum absolute atomic E-state index is 0.00868. The quantitative estimate of drug-likeness (QED) is 0.362. The Morgan fingerprint density at radius 3 is 2.60 bits per heavy atom. The van der Waals surface area contributed by atoms with Crippen LogP contribution in [-0.2, 0) is 4.79 Å². The number of carbonyl (C=O) groups is 1. The molecule has 1 aromatic carbocycles. The third-order valence-electron chi connectivity index (χ3n) is 8.54. The predicted molar refractivity (Wildman–Crippen MR) is 157 cm³/mol. The van der Waals surface area contributed by atoms with Gasteiger partial charge >= 0.3 is 0 Å². The number of hydrogen-bond donors (Lipinski definition) is 3. The molecule has 3 aromatic rings. The second kappa shape index (κ2) is 11.1. The Balaban J connectivity index is 1.05. The molecule has 43 heavy (non-hydrogen) atoms. The zero-order valence-electron chi connectivity index (χ0n) is 23.3. The number of nitriles is 2. The number of benzene rings is 1. The molecule has 15 heteroatoms. The number of nitrogens with one attached hydrogen (secondary N) is 3. The number of imidazole rings is 1. The molecule has 1 saturated carbocycles. The molecule has 3 saturated heterocycles. The van der Waals surface area contributed by atoms with Crippen LogP contribution in [0.5, 0.6) is 0 Å². The van der Waals surface area contributed by atoms with Gasteiger partial charge in [-0.15, -0.1) is 5.10 Å². The number of anilines is 4. The summed E-state index contributed by atoms with van der Waals surface area (Å²) in [6.45, 7) is 4.51. The number of hydrogen-bond acceptors (Lipinski definition) is 11. The lowest BCUT2D eigenvalue weighted by atomic mass is 10.0. The van der Waals surface area contributed by atoms with E-state index in [0.29, 0.717) is 60.0 Å². The van der Waals surface area contributed by atoms with E-state index in [4.69, 9.17) is 11.6 Å². The van der Waals surface area contributed by atoms with Crippen LogP contribution in [0.4, 0.5) is 27.5 Å². The normalized spacial score (nSPS) is 22.7. The van der Waals surface area contributed by atoms with Gasteiger partial charge in [0.05, 0.1) is 40.3 Å². The third-order valence-corrected chi connectivity index (χ3v) is 8.94. The summed E-state index contributed by atoms with van der Waals surface area (Å²) in [5.41, 5.74) is 2.40. The molecule has 13 nitrogen and oxygen atoms in total. The van der Waals surface area contributed by atoms with E-state index in [0.717, 1.165) is 31.6 Å². The first kappa shape index (κ1) is 27.6. The standard InChI is InChI=1S/C28H30ClFN12O/c29-24-21(36-28-37-25(35-18-1-2-18)26-34-13-19(11-32)42(26)38-28)7-16(10-31)8-23(24)40-5-3-39(4-6-40)20-14-41(15-20)27(43)22-9-17(30)12-33-22/h7-8,13,17-18,20,22,33H,1-6,9,12,14-15H2,(H2,35,36,37,38)/t17?,22-/m1/s1. The molecule has 1 amide bonds. The van der Waals surface area contributed by atoms with Gasteiger partial charge in [-0.25, -0.2) is 9.37 Å². The number of likely N-dealkylation sites (tertiary alicyclic amines) is 1. The van der Waals surface area contributed by atoms with Gasteiger partial charge < -0.3 is 25.8 Å². The molecule has 2 atom stereocenters. The number of carbonyl (C=O) groups excluding carboxylic acids is 1. The summed E-state index contributed by atoms with van der Waals surface area (Å²) in [4.78, 5) is 27.9. The number of halogens is 2. The minimum atomic E-state index is -0.952. The van der Waals surface area contributed by atoms with Crippen LogP contribution in [-0.4, -0.2) is 105 Å². The van der Waals surface area contributed by atoms with Crippen LogP contribution in [0.15, 0.2) is 18.3 Å². The van der Waals surface area contributed by atoms with E-state index in [1.54, 1.807) is 12.1 Å². The summed E-state index contributed by atoms with van der Waals surface area (Å²) in [7, 11) is 0. The summed E-state index contributed by atoms with van der Waals surface area (Å²) in [5, 5.41) is 33.7. The second-order valence-electron chi connectivity index (χ2n) is 11.5. The Morgan fingerprint density at radius 1 is 1.14 bits per heavy atom. The fraction of sp³-hybridized carbons (Fsp3) is 0.500. The number of rotatable bonds is 7. The van der Waals surface area contributed by atoms with E-state index in [-0.39, 0.29) is 36.6 Å². The summed E-state index contributed by atoms with van der Waals surface area (Å²) < 4.78 is 14.9. The maximum Gasteiger partial charge on any atom is 0.247 e.